The topological polar surface area (TPSA) is 41.1 Å². The van der Waals surface area contributed by atoms with E-state index < -0.39 is 5.82 Å². The Morgan fingerprint density at radius 3 is 2.43 bits per heavy atom. The summed E-state index contributed by atoms with van der Waals surface area (Å²) in [5.41, 5.74) is 0.469. The number of carbonyl (C=O) groups is 1. The quantitative estimate of drug-likeness (QED) is 0.773. The van der Waals surface area contributed by atoms with Crippen LogP contribution in [0.15, 0.2) is 12.1 Å². The van der Waals surface area contributed by atoms with Crippen LogP contribution in [-0.2, 0) is 4.79 Å². The van der Waals surface area contributed by atoms with Gasteiger partial charge in [0.2, 0.25) is 5.91 Å². The Bertz CT molecular complexity index is 509. The summed E-state index contributed by atoms with van der Waals surface area (Å²) in [6.45, 7) is 5.87. The number of halogens is 3. The fourth-order valence-corrected chi connectivity index (χ4v) is 2.92. The van der Waals surface area contributed by atoms with Crippen LogP contribution < -0.4 is 10.6 Å². The van der Waals surface area contributed by atoms with Crippen molar-refractivity contribution in [2.24, 2.45) is 5.92 Å². The van der Waals surface area contributed by atoms with Crippen molar-refractivity contribution in [3.63, 3.8) is 0 Å². The van der Waals surface area contributed by atoms with Gasteiger partial charge in [-0.05, 0) is 31.4 Å². The Balaban J connectivity index is 2.99. The molecule has 0 saturated carbocycles. The standard InChI is InChI=1S/C15H21Cl2FN2O/c1-8(2)7-12(15(21)19-4)20-9(3)13-10(16)5-6-11(18)14(13)17/h5-6,8-9,12,20H,7H2,1-4H3,(H,19,21). The molecule has 2 unspecified atom stereocenters. The van der Waals surface area contributed by atoms with Crippen molar-refractivity contribution in [2.75, 3.05) is 7.05 Å². The van der Waals surface area contributed by atoms with Crippen LogP contribution in [0.1, 0.15) is 38.8 Å². The molecule has 6 heteroatoms. The lowest BCUT2D eigenvalue weighted by Gasteiger charge is -2.25. The number of carbonyl (C=O) groups excluding carboxylic acids is 1. The van der Waals surface area contributed by atoms with Gasteiger partial charge in [0.1, 0.15) is 5.82 Å². The Kier molecular flexibility index (Phi) is 6.91. The van der Waals surface area contributed by atoms with Crippen molar-refractivity contribution in [2.45, 2.75) is 39.3 Å². The van der Waals surface area contributed by atoms with Gasteiger partial charge in [0.05, 0.1) is 11.1 Å². The predicted molar refractivity (Wildman–Crippen MR) is 85.3 cm³/mol. The third-order valence-corrected chi connectivity index (χ3v) is 3.95. The molecule has 0 spiro atoms. The zero-order valence-electron chi connectivity index (χ0n) is 12.6. The average Bonchev–Trinajstić information content (AvgIpc) is 2.41. The van der Waals surface area contributed by atoms with Crippen molar-refractivity contribution in [3.8, 4) is 0 Å². The minimum absolute atomic E-state index is 0.0114. The second-order valence-corrected chi connectivity index (χ2v) is 6.23. The first kappa shape index (κ1) is 18.2. The molecule has 2 N–H and O–H groups in total. The van der Waals surface area contributed by atoms with Gasteiger partial charge in [-0.2, -0.15) is 0 Å². The van der Waals surface area contributed by atoms with Gasteiger partial charge in [0, 0.05) is 23.7 Å². The van der Waals surface area contributed by atoms with Crippen LogP contribution in [0.25, 0.3) is 0 Å². The third kappa shape index (κ3) is 4.83. The fourth-order valence-electron chi connectivity index (χ4n) is 2.22. The van der Waals surface area contributed by atoms with Gasteiger partial charge in [0.25, 0.3) is 0 Å². The third-order valence-electron chi connectivity index (χ3n) is 3.23. The van der Waals surface area contributed by atoms with Crippen LogP contribution >= 0.6 is 23.2 Å². The van der Waals surface area contributed by atoms with E-state index in [1.165, 1.54) is 12.1 Å². The van der Waals surface area contributed by atoms with Gasteiger partial charge < -0.3 is 5.32 Å². The summed E-state index contributed by atoms with van der Waals surface area (Å²) in [7, 11) is 1.59. The molecule has 0 heterocycles. The van der Waals surface area contributed by atoms with Gasteiger partial charge in [-0.15, -0.1) is 0 Å². The molecule has 3 nitrogen and oxygen atoms in total. The molecule has 0 aromatic heterocycles. The SMILES string of the molecule is CNC(=O)C(CC(C)C)NC(C)c1c(Cl)ccc(F)c1Cl. The molecule has 21 heavy (non-hydrogen) atoms. The highest BCUT2D eigenvalue weighted by atomic mass is 35.5. The lowest BCUT2D eigenvalue weighted by molar-refractivity contribution is -0.123. The lowest BCUT2D eigenvalue weighted by Crippen LogP contribution is -2.44. The Morgan fingerprint density at radius 2 is 1.90 bits per heavy atom. The molecule has 0 saturated heterocycles. The number of hydrogen-bond donors (Lipinski definition) is 2. The lowest BCUT2D eigenvalue weighted by atomic mass is 10.0. The van der Waals surface area contributed by atoms with Crippen LogP contribution in [-0.4, -0.2) is 19.0 Å². The highest BCUT2D eigenvalue weighted by Gasteiger charge is 2.24. The van der Waals surface area contributed by atoms with Crippen LogP contribution in [0.5, 0.6) is 0 Å². The highest BCUT2D eigenvalue weighted by Crippen LogP contribution is 2.32. The molecule has 1 aromatic rings. The van der Waals surface area contributed by atoms with Crippen LogP contribution in [0.4, 0.5) is 4.39 Å². The van der Waals surface area contributed by atoms with Crippen molar-refractivity contribution < 1.29 is 9.18 Å². The van der Waals surface area contributed by atoms with Gasteiger partial charge in [-0.3, -0.25) is 10.1 Å². The molecule has 2 atom stereocenters. The van der Waals surface area contributed by atoms with Crippen molar-refractivity contribution in [1.29, 1.82) is 0 Å². The second-order valence-electron chi connectivity index (χ2n) is 5.44. The normalized spacial score (nSPS) is 14.1. The number of hydrogen-bond acceptors (Lipinski definition) is 2. The van der Waals surface area contributed by atoms with E-state index in [1.54, 1.807) is 7.05 Å². The molecule has 1 amide bonds. The molecule has 0 aliphatic rings. The molecule has 118 valence electrons. The number of benzene rings is 1. The van der Waals surface area contributed by atoms with Gasteiger partial charge in [-0.1, -0.05) is 37.0 Å². The van der Waals surface area contributed by atoms with Crippen molar-refractivity contribution in [3.05, 3.63) is 33.6 Å². The maximum Gasteiger partial charge on any atom is 0.236 e. The second kappa shape index (κ2) is 7.97. The van der Waals surface area contributed by atoms with Crippen LogP contribution in [0.3, 0.4) is 0 Å². The monoisotopic (exact) mass is 334 g/mol. The Morgan fingerprint density at radius 1 is 1.29 bits per heavy atom. The first-order valence-corrected chi connectivity index (χ1v) is 7.64. The van der Waals surface area contributed by atoms with Gasteiger partial charge in [-0.25, -0.2) is 4.39 Å². The summed E-state index contributed by atoms with van der Waals surface area (Å²) >= 11 is 12.1. The van der Waals surface area contributed by atoms with Gasteiger partial charge >= 0.3 is 0 Å². The number of amides is 1. The summed E-state index contributed by atoms with van der Waals surface area (Å²) < 4.78 is 13.6. The average molecular weight is 335 g/mol. The zero-order chi connectivity index (χ0) is 16.2. The molecular weight excluding hydrogens is 314 g/mol. The summed E-state index contributed by atoms with van der Waals surface area (Å²) in [5.74, 6) is -0.297. The minimum atomic E-state index is -0.523. The van der Waals surface area contributed by atoms with Crippen molar-refractivity contribution in [1.82, 2.24) is 10.6 Å². The van der Waals surface area contributed by atoms with Crippen LogP contribution in [0, 0.1) is 11.7 Å². The van der Waals surface area contributed by atoms with E-state index >= 15 is 0 Å². The van der Waals surface area contributed by atoms with Gasteiger partial charge in [0.15, 0.2) is 0 Å². The predicted octanol–water partition coefficient (Wildman–Crippen LogP) is 3.94. The number of nitrogens with one attached hydrogen (secondary N) is 2. The number of likely N-dealkylation sites (N-methyl/N-ethyl adjacent to an activating group) is 1. The Labute approximate surface area is 135 Å². The molecule has 0 aliphatic heterocycles. The first-order valence-electron chi connectivity index (χ1n) is 6.89. The van der Waals surface area contributed by atoms with E-state index in [0.717, 1.165) is 0 Å². The Hall–Kier alpha value is -0.840. The summed E-state index contributed by atoms with van der Waals surface area (Å²) in [6.07, 6.45) is 0.661. The fraction of sp³-hybridized carbons (Fsp3) is 0.533. The van der Waals surface area contributed by atoms with Crippen molar-refractivity contribution >= 4 is 29.1 Å². The van der Waals surface area contributed by atoms with E-state index in [2.05, 4.69) is 10.6 Å². The number of rotatable bonds is 6. The minimum Gasteiger partial charge on any atom is -0.358 e. The smallest absolute Gasteiger partial charge is 0.236 e. The molecular formula is C15H21Cl2FN2O. The maximum atomic E-state index is 13.6. The summed E-state index contributed by atoms with van der Waals surface area (Å²) in [4.78, 5) is 11.9. The first-order chi connectivity index (χ1) is 9.77. The van der Waals surface area contributed by atoms with E-state index in [0.29, 0.717) is 22.9 Å². The summed E-state index contributed by atoms with van der Waals surface area (Å²) in [6, 6.07) is 1.96. The molecule has 0 radical (unpaired) electrons. The van der Waals surface area contributed by atoms with E-state index in [1.807, 2.05) is 20.8 Å². The molecule has 0 fully saturated rings. The largest absolute Gasteiger partial charge is 0.358 e. The maximum absolute atomic E-state index is 13.6. The molecule has 0 bridgehead atoms. The van der Waals surface area contributed by atoms with E-state index in [4.69, 9.17) is 23.2 Å². The molecule has 0 aliphatic carbocycles. The van der Waals surface area contributed by atoms with Crippen LogP contribution in [0.2, 0.25) is 10.0 Å². The molecule has 1 rings (SSSR count). The molecule has 1 aromatic carbocycles. The van der Waals surface area contributed by atoms with E-state index in [-0.39, 0.29) is 23.0 Å². The summed E-state index contributed by atoms with van der Waals surface area (Å²) in [5, 5.41) is 6.17. The zero-order valence-corrected chi connectivity index (χ0v) is 14.1. The highest BCUT2D eigenvalue weighted by molar-refractivity contribution is 6.36. The van der Waals surface area contributed by atoms with E-state index in [9.17, 15) is 9.18 Å².